The summed E-state index contributed by atoms with van der Waals surface area (Å²) in [5.41, 5.74) is 2.91. The molecule has 1 amide bonds. The second-order valence-corrected chi connectivity index (χ2v) is 11.7. The fourth-order valence-electron chi connectivity index (χ4n) is 4.52. The number of aromatic nitrogens is 2. The minimum absolute atomic E-state index is 0.0193. The van der Waals surface area contributed by atoms with E-state index in [2.05, 4.69) is 40.0 Å². The van der Waals surface area contributed by atoms with Crippen LogP contribution in [-0.2, 0) is 4.79 Å². The summed E-state index contributed by atoms with van der Waals surface area (Å²) in [5, 5.41) is 10.7. The van der Waals surface area contributed by atoms with Gasteiger partial charge in [-0.3, -0.25) is 4.79 Å². The molecule has 0 atom stereocenters. The fourth-order valence-corrected chi connectivity index (χ4v) is 5.50. The second-order valence-electron chi connectivity index (χ2n) is 10.1. The highest BCUT2D eigenvalue weighted by Gasteiger charge is 2.14. The van der Waals surface area contributed by atoms with Crippen LogP contribution in [-0.4, -0.2) is 73.3 Å². The third kappa shape index (κ3) is 9.72. The van der Waals surface area contributed by atoms with E-state index in [1.54, 1.807) is 14.2 Å². The first-order chi connectivity index (χ1) is 21.5. The highest BCUT2D eigenvalue weighted by molar-refractivity contribution is 8.24. The molecule has 3 N–H and O–H groups in total. The fraction of sp³-hybridized carbons (Fsp3) is 0.333. The molecule has 0 aliphatic rings. The quantitative estimate of drug-likeness (QED) is 0.0949. The first-order valence-corrected chi connectivity index (χ1v) is 16.0. The normalized spacial score (nSPS) is 10.7. The van der Waals surface area contributed by atoms with E-state index in [1.807, 2.05) is 60.7 Å². The smallest absolute Gasteiger partial charge is 0.230 e. The Morgan fingerprint density at radius 2 is 1.52 bits per heavy atom. The van der Waals surface area contributed by atoms with E-state index in [0.717, 1.165) is 58.8 Å². The lowest BCUT2D eigenvalue weighted by Gasteiger charge is -2.19. The van der Waals surface area contributed by atoms with Crippen LogP contribution in [0.1, 0.15) is 24.8 Å². The van der Waals surface area contributed by atoms with Crippen molar-refractivity contribution in [2.45, 2.75) is 19.3 Å². The van der Waals surface area contributed by atoms with Gasteiger partial charge in [-0.2, -0.15) is 4.98 Å². The number of rotatable bonds is 17. The Morgan fingerprint density at radius 1 is 0.864 bits per heavy atom. The summed E-state index contributed by atoms with van der Waals surface area (Å²) in [4.78, 5) is 24.0. The Hall–Kier alpha value is -4.09. The number of ether oxygens (including phenoxy) is 2. The van der Waals surface area contributed by atoms with E-state index in [1.165, 1.54) is 17.4 Å². The third-order valence-electron chi connectivity index (χ3n) is 6.91. The Morgan fingerprint density at radius 3 is 2.25 bits per heavy atom. The van der Waals surface area contributed by atoms with E-state index in [9.17, 15) is 4.79 Å². The lowest BCUT2D eigenvalue weighted by Crippen LogP contribution is -2.27. The van der Waals surface area contributed by atoms with Gasteiger partial charge in [-0.15, -0.1) is 11.8 Å². The highest BCUT2D eigenvalue weighted by Crippen LogP contribution is 2.34. The van der Waals surface area contributed by atoms with Crippen LogP contribution in [0, 0.1) is 0 Å². The Balaban J connectivity index is 1.27. The van der Waals surface area contributed by atoms with Crippen molar-refractivity contribution in [2.75, 3.05) is 68.7 Å². The van der Waals surface area contributed by atoms with Crippen molar-refractivity contribution in [1.29, 1.82) is 0 Å². The van der Waals surface area contributed by atoms with Crippen LogP contribution in [0.4, 0.5) is 17.5 Å². The largest absolute Gasteiger partial charge is 0.493 e. The number of thioether (sulfide) groups is 1. The minimum Gasteiger partial charge on any atom is -0.493 e. The summed E-state index contributed by atoms with van der Waals surface area (Å²) >= 11 is 6.80. The van der Waals surface area contributed by atoms with Crippen LogP contribution in [0.3, 0.4) is 0 Å². The Bertz CT molecular complexity index is 1510. The van der Waals surface area contributed by atoms with Gasteiger partial charge in [0.25, 0.3) is 0 Å². The summed E-state index contributed by atoms with van der Waals surface area (Å²) in [6, 6.07) is 23.9. The van der Waals surface area contributed by atoms with Gasteiger partial charge in [0.2, 0.25) is 11.9 Å². The van der Waals surface area contributed by atoms with Crippen molar-refractivity contribution >= 4 is 62.4 Å². The molecule has 0 bridgehead atoms. The van der Waals surface area contributed by atoms with Crippen LogP contribution < -0.4 is 30.3 Å². The molecular formula is C33H40N6O3S2. The van der Waals surface area contributed by atoms with Crippen LogP contribution in [0.2, 0.25) is 0 Å². The molecule has 4 aromatic rings. The zero-order valence-corrected chi connectivity index (χ0v) is 27.1. The van der Waals surface area contributed by atoms with E-state index in [4.69, 9.17) is 31.7 Å². The van der Waals surface area contributed by atoms with Crippen molar-refractivity contribution in [3.8, 4) is 11.5 Å². The molecule has 0 unspecified atom stereocenters. The van der Waals surface area contributed by atoms with Crippen LogP contribution in [0.15, 0.2) is 72.8 Å². The van der Waals surface area contributed by atoms with Gasteiger partial charge in [0.1, 0.15) is 5.82 Å². The predicted molar refractivity (Wildman–Crippen MR) is 187 cm³/mol. The zero-order chi connectivity index (χ0) is 31.1. The first-order valence-electron chi connectivity index (χ1n) is 14.6. The van der Waals surface area contributed by atoms with Gasteiger partial charge in [-0.25, -0.2) is 4.98 Å². The molecule has 44 heavy (non-hydrogen) atoms. The number of para-hydroxylation sites is 1. The number of anilines is 3. The van der Waals surface area contributed by atoms with E-state index in [-0.39, 0.29) is 5.91 Å². The van der Waals surface area contributed by atoms with Crippen molar-refractivity contribution in [3.63, 3.8) is 0 Å². The number of nitrogens with zero attached hydrogens (tertiary/aromatic N) is 3. The lowest BCUT2D eigenvalue weighted by molar-refractivity contribution is -0.118. The molecular weight excluding hydrogens is 593 g/mol. The summed E-state index contributed by atoms with van der Waals surface area (Å²) in [6.45, 7) is 2.91. The van der Waals surface area contributed by atoms with Crippen molar-refractivity contribution < 1.29 is 14.3 Å². The molecule has 0 saturated heterocycles. The number of carbonyl (C=O) groups excluding carboxylic acids is 1. The Labute approximate surface area is 269 Å². The van der Waals surface area contributed by atoms with Crippen LogP contribution in [0.25, 0.3) is 10.9 Å². The van der Waals surface area contributed by atoms with Crippen LogP contribution >= 0.6 is 24.0 Å². The molecule has 9 nitrogen and oxygen atoms in total. The Kier molecular flexibility index (Phi) is 12.9. The van der Waals surface area contributed by atoms with E-state index >= 15 is 0 Å². The predicted octanol–water partition coefficient (Wildman–Crippen LogP) is 6.00. The minimum atomic E-state index is -0.0193. The van der Waals surface area contributed by atoms with Gasteiger partial charge >= 0.3 is 0 Å². The van der Waals surface area contributed by atoms with Crippen LogP contribution in [0.5, 0.6) is 11.5 Å². The SMILES string of the molecule is COc1cc2nc(NCCCCNC(=O)CSC(=S)c3ccccc3)nc(NCCCN(C)c3ccccc3)c2cc1OC. The average molecular weight is 633 g/mol. The molecule has 0 fully saturated rings. The van der Waals surface area contributed by atoms with E-state index < -0.39 is 0 Å². The average Bonchev–Trinajstić information content (AvgIpc) is 3.07. The number of benzene rings is 3. The molecule has 3 aromatic carbocycles. The molecule has 0 radical (unpaired) electrons. The second kappa shape index (κ2) is 17.3. The number of thiocarbonyl (C=S) groups is 1. The molecule has 1 aromatic heterocycles. The number of unbranched alkanes of at least 4 members (excludes halogenated alkanes) is 1. The number of carbonyl (C=O) groups is 1. The molecule has 4 rings (SSSR count). The molecule has 0 saturated carbocycles. The van der Waals surface area contributed by atoms with Gasteiger partial charge < -0.3 is 30.3 Å². The monoisotopic (exact) mass is 632 g/mol. The number of hydrogen-bond acceptors (Lipinski definition) is 10. The maximum Gasteiger partial charge on any atom is 0.230 e. The number of methoxy groups -OCH3 is 2. The first kappa shape index (κ1) is 32.8. The van der Waals surface area contributed by atoms with Gasteiger partial charge in [0.15, 0.2) is 11.5 Å². The lowest BCUT2D eigenvalue weighted by atomic mass is 10.2. The number of amides is 1. The maximum atomic E-state index is 12.3. The number of hydrogen-bond donors (Lipinski definition) is 3. The van der Waals surface area contributed by atoms with Crippen molar-refractivity contribution in [3.05, 3.63) is 78.4 Å². The number of nitrogens with one attached hydrogen (secondary N) is 3. The van der Waals surface area contributed by atoms with Gasteiger partial charge in [-0.1, -0.05) is 60.7 Å². The molecule has 0 aliphatic heterocycles. The summed E-state index contributed by atoms with van der Waals surface area (Å²) in [7, 11) is 5.33. The molecule has 1 heterocycles. The standard InChI is InChI=1S/C33H40N6O3S2/c1-39(25-15-8-5-9-16-25)20-12-19-35-31-26-21-28(41-2)29(42-3)22-27(26)37-33(38-31)36-18-11-10-17-34-30(40)23-44-32(43)24-13-6-4-7-14-24/h4-9,13-16,21-22H,10-12,17-20,23H2,1-3H3,(H,34,40)(H2,35,36,37,38). The topological polar surface area (TPSA) is 101 Å². The molecule has 0 spiro atoms. The summed E-state index contributed by atoms with van der Waals surface area (Å²) in [6.07, 6.45) is 2.60. The molecule has 232 valence electrons. The number of fused-ring (bicyclic) bond motifs is 1. The molecule has 11 heteroatoms. The summed E-state index contributed by atoms with van der Waals surface area (Å²) < 4.78 is 11.8. The highest BCUT2D eigenvalue weighted by atomic mass is 32.2. The van der Waals surface area contributed by atoms with E-state index in [0.29, 0.717) is 36.3 Å². The van der Waals surface area contributed by atoms with Crippen molar-refractivity contribution in [1.82, 2.24) is 15.3 Å². The van der Waals surface area contributed by atoms with Gasteiger partial charge in [0, 0.05) is 50.4 Å². The zero-order valence-electron chi connectivity index (χ0n) is 25.5. The maximum absolute atomic E-state index is 12.3. The molecule has 0 aliphatic carbocycles. The van der Waals surface area contributed by atoms with Crippen molar-refractivity contribution in [2.24, 2.45) is 0 Å². The van der Waals surface area contributed by atoms with Gasteiger partial charge in [-0.05, 0) is 43.0 Å². The van der Waals surface area contributed by atoms with Gasteiger partial charge in [0.05, 0.1) is 29.7 Å². The summed E-state index contributed by atoms with van der Waals surface area (Å²) in [5.74, 6) is 2.79. The third-order valence-corrected chi connectivity index (χ3v) is 8.41.